The molecule has 2 heterocycles. The number of carbonyl (C=O) groups is 1. The minimum atomic E-state index is -1.11. The molecule has 0 unspecified atom stereocenters. The molecule has 1 aromatic carbocycles. The van der Waals surface area contributed by atoms with Crippen molar-refractivity contribution in [1.29, 1.82) is 0 Å². The summed E-state index contributed by atoms with van der Waals surface area (Å²) >= 11 is 12.2. The van der Waals surface area contributed by atoms with E-state index in [4.69, 9.17) is 28.3 Å². The minimum Gasteiger partial charge on any atom is -0.478 e. The van der Waals surface area contributed by atoms with Crippen LogP contribution in [0.4, 0.5) is 0 Å². The highest BCUT2D eigenvalue weighted by Crippen LogP contribution is 2.26. The van der Waals surface area contributed by atoms with Crippen LogP contribution in [0.5, 0.6) is 0 Å². The van der Waals surface area contributed by atoms with E-state index in [-0.39, 0.29) is 11.1 Å². The number of benzene rings is 1. The highest BCUT2D eigenvalue weighted by atomic mass is 35.5. The summed E-state index contributed by atoms with van der Waals surface area (Å²) in [4.78, 5) is 27.4. The topological polar surface area (TPSA) is 71.7 Å². The van der Waals surface area contributed by atoms with E-state index in [1.165, 1.54) is 28.8 Å². The molecular weight excluding hydrogens is 351 g/mol. The van der Waals surface area contributed by atoms with Gasteiger partial charge in [0.25, 0.3) is 5.56 Å². The number of fused-ring (bicyclic) bond motifs is 1. The Hall–Kier alpha value is -2.63. The second-order valence-corrected chi connectivity index (χ2v) is 5.75. The van der Waals surface area contributed by atoms with Gasteiger partial charge in [-0.15, -0.1) is 0 Å². The molecule has 2 aromatic heterocycles. The third kappa shape index (κ3) is 3.18. The van der Waals surface area contributed by atoms with Crippen molar-refractivity contribution in [1.82, 2.24) is 9.38 Å². The van der Waals surface area contributed by atoms with Gasteiger partial charge in [-0.25, -0.2) is 9.78 Å². The number of rotatable bonds is 3. The second kappa shape index (κ2) is 6.47. The summed E-state index contributed by atoms with van der Waals surface area (Å²) in [7, 11) is 0. The van der Waals surface area contributed by atoms with Gasteiger partial charge in [0.2, 0.25) is 0 Å². The lowest BCUT2D eigenvalue weighted by molar-refractivity contribution is 0.0696. The van der Waals surface area contributed by atoms with Crippen molar-refractivity contribution in [2.45, 2.75) is 0 Å². The molecule has 0 aliphatic rings. The van der Waals surface area contributed by atoms with E-state index in [9.17, 15) is 9.59 Å². The highest BCUT2D eigenvalue weighted by molar-refractivity contribution is 6.37. The maximum absolute atomic E-state index is 12.2. The number of aromatic nitrogens is 2. The van der Waals surface area contributed by atoms with E-state index < -0.39 is 5.97 Å². The Balaban J connectivity index is 2.05. The Morgan fingerprint density at radius 2 is 1.83 bits per heavy atom. The van der Waals surface area contributed by atoms with Gasteiger partial charge < -0.3 is 5.11 Å². The van der Waals surface area contributed by atoms with Crippen molar-refractivity contribution >= 4 is 47.0 Å². The van der Waals surface area contributed by atoms with Crippen molar-refractivity contribution in [2.24, 2.45) is 0 Å². The first kappa shape index (κ1) is 16.2. The van der Waals surface area contributed by atoms with E-state index in [0.717, 1.165) is 0 Å². The zero-order valence-electron chi connectivity index (χ0n) is 12.1. The number of pyridine rings is 1. The summed E-state index contributed by atoms with van der Waals surface area (Å²) in [6.45, 7) is 0. The van der Waals surface area contributed by atoms with Crippen LogP contribution in [-0.2, 0) is 0 Å². The number of carboxylic acid groups (broad SMARTS) is 1. The van der Waals surface area contributed by atoms with Crippen LogP contribution in [0.25, 0.3) is 17.8 Å². The van der Waals surface area contributed by atoms with Crippen LogP contribution in [0.3, 0.4) is 0 Å². The first-order valence-corrected chi connectivity index (χ1v) is 7.60. The molecule has 0 atom stereocenters. The van der Waals surface area contributed by atoms with Gasteiger partial charge in [0.15, 0.2) is 0 Å². The molecular formula is C17H10Cl2N2O3. The summed E-state index contributed by atoms with van der Waals surface area (Å²) in [5.74, 6) is -1.11. The van der Waals surface area contributed by atoms with E-state index >= 15 is 0 Å². The lowest BCUT2D eigenvalue weighted by Gasteiger charge is -2.03. The number of aromatic carboxylic acids is 1. The maximum Gasteiger partial charge on any atom is 0.337 e. The van der Waals surface area contributed by atoms with Crippen molar-refractivity contribution in [3.63, 3.8) is 0 Å². The van der Waals surface area contributed by atoms with Crippen LogP contribution in [-0.4, -0.2) is 20.5 Å². The van der Waals surface area contributed by atoms with Crippen LogP contribution >= 0.6 is 23.2 Å². The van der Waals surface area contributed by atoms with Crippen molar-refractivity contribution in [2.75, 3.05) is 0 Å². The quantitative estimate of drug-likeness (QED) is 0.769. The zero-order valence-corrected chi connectivity index (χ0v) is 13.6. The summed E-state index contributed by atoms with van der Waals surface area (Å²) in [5.41, 5.74) is 1.02. The van der Waals surface area contributed by atoms with E-state index in [1.54, 1.807) is 30.4 Å². The molecule has 0 fully saturated rings. The van der Waals surface area contributed by atoms with Crippen LogP contribution in [0.2, 0.25) is 10.0 Å². The first-order valence-electron chi connectivity index (χ1n) is 6.84. The molecule has 24 heavy (non-hydrogen) atoms. The largest absolute Gasteiger partial charge is 0.478 e. The van der Waals surface area contributed by atoms with Gasteiger partial charge >= 0.3 is 5.97 Å². The van der Waals surface area contributed by atoms with Crippen molar-refractivity contribution < 1.29 is 9.90 Å². The SMILES string of the molecule is O=C(O)c1ccc2nc(/C=C/c3c(Cl)cccc3Cl)cc(=O)n2c1. The predicted octanol–water partition coefficient (Wildman–Crippen LogP) is 3.87. The Kier molecular flexibility index (Phi) is 4.38. The summed E-state index contributed by atoms with van der Waals surface area (Å²) < 4.78 is 1.18. The number of hydrogen-bond acceptors (Lipinski definition) is 3. The summed E-state index contributed by atoms with van der Waals surface area (Å²) in [6, 6.07) is 9.34. The number of carboxylic acids is 1. The first-order chi connectivity index (χ1) is 11.5. The fraction of sp³-hybridized carbons (Fsp3) is 0. The van der Waals surface area contributed by atoms with Crippen LogP contribution in [0.15, 0.2) is 47.4 Å². The Labute approximate surface area is 146 Å². The molecule has 0 bridgehead atoms. The van der Waals surface area contributed by atoms with Gasteiger partial charge in [0.1, 0.15) is 5.65 Å². The minimum absolute atomic E-state index is 0.0116. The maximum atomic E-state index is 12.2. The van der Waals surface area contributed by atoms with Gasteiger partial charge in [-0.05, 0) is 36.4 Å². The smallest absolute Gasteiger partial charge is 0.337 e. The van der Waals surface area contributed by atoms with Crippen LogP contribution < -0.4 is 5.56 Å². The molecule has 0 saturated heterocycles. The monoisotopic (exact) mass is 360 g/mol. The molecule has 120 valence electrons. The molecule has 0 amide bonds. The molecule has 0 radical (unpaired) electrons. The fourth-order valence-electron chi connectivity index (χ4n) is 2.17. The van der Waals surface area contributed by atoms with Gasteiger partial charge in [-0.1, -0.05) is 29.3 Å². The number of nitrogens with zero attached hydrogens (tertiary/aromatic N) is 2. The molecule has 0 aliphatic carbocycles. The average molecular weight is 361 g/mol. The molecule has 7 heteroatoms. The van der Waals surface area contributed by atoms with Gasteiger partial charge in [0, 0.05) is 27.9 Å². The fourth-order valence-corrected chi connectivity index (χ4v) is 2.70. The molecule has 5 nitrogen and oxygen atoms in total. The van der Waals surface area contributed by atoms with Crippen molar-refractivity contribution in [3.8, 4) is 0 Å². The van der Waals surface area contributed by atoms with E-state index in [0.29, 0.717) is 26.9 Å². The average Bonchev–Trinajstić information content (AvgIpc) is 2.54. The van der Waals surface area contributed by atoms with Crippen LogP contribution in [0.1, 0.15) is 21.6 Å². The molecule has 0 saturated carbocycles. The third-order valence-corrected chi connectivity index (χ3v) is 4.01. The lowest BCUT2D eigenvalue weighted by Crippen LogP contribution is -2.15. The summed E-state index contributed by atoms with van der Waals surface area (Å²) in [5, 5.41) is 9.96. The Morgan fingerprint density at radius 3 is 2.50 bits per heavy atom. The van der Waals surface area contributed by atoms with Gasteiger partial charge in [-0.2, -0.15) is 0 Å². The highest BCUT2D eigenvalue weighted by Gasteiger charge is 2.07. The Morgan fingerprint density at radius 1 is 1.12 bits per heavy atom. The standard InChI is InChI=1S/C17H10Cl2N2O3/c18-13-2-1-3-14(19)12(13)6-5-11-8-16(22)21-9-10(17(23)24)4-7-15(21)20-11/h1-9H,(H,23,24)/b6-5+. The lowest BCUT2D eigenvalue weighted by atomic mass is 10.2. The normalized spacial score (nSPS) is 11.2. The van der Waals surface area contributed by atoms with E-state index in [2.05, 4.69) is 4.98 Å². The van der Waals surface area contributed by atoms with Gasteiger partial charge in [0.05, 0.1) is 11.3 Å². The molecule has 0 spiro atoms. The van der Waals surface area contributed by atoms with Crippen LogP contribution in [0, 0.1) is 0 Å². The third-order valence-electron chi connectivity index (χ3n) is 3.35. The molecule has 3 aromatic rings. The zero-order chi connectivity index (χ0) is 17.3. The molecule has 3 rings (SSSR count). The molecule has 0 aliphatic heterocycles. The number of hydrogen-bond donors (Lipinski definition) is 1. The predicted molar refractivity (Wildman–Crippen MR) is 93.8 cm³/mol. The number of halogens is 2. The van der Waals surface area contributed by atoms with Gasteiger partial charge in [-0.3, -0.25) is 9.20 Å². The molecule has 1 N–H and O–H groups in total. The van der Waals surface area contributed by atoms with E-state index in [1.807, 2.05) is 0 Å². The Bertz CT molecular complexity index is 1020. The second-order valence-electron chi connectivity index (χ2n) is 4.94. The summed E-state index contributed by atoms with van der Waals surface area (Å²) in [6.07, 6.45) is 4.54. The van der Waals surface area contributed by atoms with Crippen molar-refractivity contribution in [3.05, 3.63) is 79.8 Å².